The van der Waals surface area contributed by atoms with Crippen molar-refractivity contribution < 1.29 is 40.2 Å². The van der Waals surface area contributed by atoms with Crippen molar-refractivity contribution in [2.24, 2.45) is 5.73 Å². The molecule has 0 heterocycles. The van der Waals surface area contributed by atoms with Crippen LogP contribution in [-0.4, -0.2) is 60.8 Å². The fourth-order valence-electron chi connectivity index (χ4n) is 1.28. The van der Waals surface area contributed by atoms with Crippen LogP contribution in [0, 0.1) is 0 Å². The molecule has 8 N–H and O–H groups in total. The number of benzene rings is 1. The lowest BCUT2D eigenvalue weighted by atomic mass is 10.0. The first kappa shape index (κ1) is 19.8. The highest BCUT2D eigenvalue weighted by molar-refractivity contribution is 5.83. The Kier molecular flexibility index (Phi) is 8.05. The van der Waals surface area contributed by atoms with E-state index in [2.05, 4.69) is 0 Å². The van der Waals surface area contributed by atoms with Gasteiger partial charge in [0.1, 0.15) is 5.75 Å². The number of aromatic hydroxyl groups is 1. The molecule has 1 aromatic rings. The first-order valence-corrected chi connectivity index (χ1v) is 6.12. The van der Waals surface area contributed by atoms with Crippen LogP contribution in [0.25, 0.3) is 0 Å². The van der Waals surface area contributed by atoms with Crippen molar-refractivity contribution in [1.29, 1.82) is 0 Å². The molecule has 0 saturated carbocycles. The van der Waals surface area contributed by atoms with Crippen molar-refractivity contribution in [1.82, 2.24) is 0 Å². The molecular weight excluding hydrogens is 298 g/mol. The third-order valence-corrected chi connectivity index (χ3v) is 2.51. The van der Waals surface area contributed by atoms with Gasteiger partial charge in [-0.15, -0.1) is 0 Å². The molecule has 22 heavy (non-hydrogen) atoms. The Hall–Kier alpha value is -2.20. The van der Waals surface area contributed by atoms with Crippen LogP contribution in [0.1, 0.15) is 18.6 Å². The fourth-order valence-corrected chi connectivity index (χ4v) is 1.28. The van der Waals surface area contributed by atoms with Gasteiger partial charge in [0.25, 0.3) is 0 Å². The summed E-state index contributed by atoms with van der Waals surface area (Å²) < 4.78 is 0. The van der Waals surface area contributed by atoms with Gasteiger partial charge in [-0.3, -0.25) is 0 Å². The molecule has 0 aliphatic heterocycles. The van der Waals surface area contributed by atoms with Crippen LogP contribution in [0.2, 0.25) is 0 Å². The van der Waals surface area contributed by atoms with Gasteiger partial charge in [-0.25, -0.2) is 9.59 Å². The molecule has 0 aliphatic carbocycles. The molecule has 0 bridgehead atoms. The van der Waals surface area contributed by atoms with E-state index in [4.69, 9.17) is 31.3 Å². The number of hydrogen-bond donors (Lipinski definition) is 7. The van der Waals surface area contributed by atoms with Crippen molar-refractivity contribution in [2.45, 2.75) is 31.3 Å². The predicted octanol–water partition coefficient (Wildman–Crippen LogP) is -1.35. The number of carbonyl (C=O) groups is 2. The van der Waals surface area contributed by atoms with E-state index in [0.29, 0.717) is 5.56 Å². The standard InChI is InChI=1S/C9H13NO2.C4H6O6/c1-6(10)9(12)7-3-2-4-8(11)5-7;5-1(3(7)8)2(6)4(9)10/h2-6,9,11-12H,10H2,1H3;1-2,5-6H,(H,7,8)(H,9,10)/t6-,9+;1-,2-/m11/s1. The second-order valence-corrected chi connectivity index (χ2v) is 4.47. The van der Waals surface area contributed by atoms with E-state index in [1.54, 1.807) is 25.1 Å². The van der Waals surface area contributed by atoms with E-state index in [1.165, 1.54) is 6.07 Å². The Balaban J connectivity index is 0.000000409. The largest absolute Gasteiger partial charge is 0.508 e. The second kappa shape index (κ2) is 8.95. The molecule has 4 atom stereocenters. The van der Waals surface area contributed by atoms with Gasteiger partial charge in [-0.2, -0.15) is 0 Å². The van der Waals surface area contributed by atoms with Gasteiger partial charge in [0, 0.05) is 6.04 Å². The monoisotopic (exact) mass is 317 g/mol. The number of carboxylic acids is 2. The zero-order valence-electron chi connectivity index (χ0n) is 11.7. The minimum absolute atomic E-state index is 0.146. The molecular formula is C13H19NO8. The number of aliphatic hydroxyl groups is 3. The first-order valence-electron chi connectivity index (χ1n) is 6.12. The summed E-state index contributed by atoms with van der Waals surface area (Å²) in [5.41, 5.74) is 6.13. The van der Waals surface area contributed by atoms with Gasteiger partial charge in [0.15, 0.2) is 12.2 Å². The van der Waals surface area contributed by atoms with Crippen molar-refractivity contribution in [3.05, 3.63) is 29.8 Å². The number of phenols is 1. The minimum Gasteiger partial charge on any atom is -0.508 e. The van der Waals surface area contributed by atoms with Gasteiger partial charge in [-0.1, -0.05) is 12.1 Å². The average Bonchev–Trinajstić information content (AvgIpc) is 2.45. The predicted molar refractivity (Wildman–Crippen MR) is 74.0 cm³/mol. The van der Waals surface area contributed by atoms with Crippen LogP contribution in [-0.2, 0) is 9.59 Å². The molecule has 1 rings (SSSR count). The van der Waals surface area contributed by atoms with Gasteiger partial charge >= 0.3 is 11.9 Å². The van der Waals surface area contributed by atoms with E-state index in [1.807, 2.05) is 0 Å². The van der Waals surface area contributed by atoms with Crippen LogP contribution >= 0.6 is 0 Å². The van der Waals surface area contributed by atoms with Crippen molar-refractivity contribution in [2.75, 3.05) is 0 Å². The number of hydrogen-bond acceptors (Lipinski definition) is 7. The van der Waals surface area contributed by atoms with Crippen molar-refractivity contribution in [3.8, 4) is 5.75 Å². The summed E-state index contributed by atoms with van der Waals surface area (Å²) in [5, 5.41) is 51.1. The molecule has 124 valence electrons. The van der Waals surface area contributed by atoms with Crippen LogP contribution in [0.5, 0.6) is 5.75 Å². The third kappa shape index (κ3) is 6.50. The highest BCUT2D eigenvalue weighted by Crippen LogP contribution is 2.19. The summed E-state index contributed by atoms with van der Waals surface area (Å²) in [6, 6.07) is 6.14. The van der Waals surface area contributed by atoms with Gasteiger partial charge in [0.2, 0.25) is 0 Å². The summed E-state index contributed by atoms with van der Waals surface area (Å²) in [5.74, 6) is -3.39. The van der Waals surface area contributed by atoms with Crippen LogP contribution in [0.15, 0.2) is 24.3 Å². The number of aliphatic hydroxyl groups excluding tert-OH is 3. The zero-order chi connectivity index (χ0) is 17.4. The van der Waals surface area contributed by atoms with E-state index in [9.17, 15) is 14.7 Å². The number of carboxylic acid groups (broad SMARTS) is 2. The average molecular weight is 317 g/mol. The summed E-state index contributed by atoms with van der Waals surface area (Å²) in [6.45, 7) is 1.72. The van der Waals surface area contributed by atoms with Gasteiger partial charge in [0.05, 0.1) is 6.10 Å². The molecule has 9 heteroatoms. The molecule has 9 nitrogen and oxygen atoms in total. The molecule has 0 radical (unpaired) electrons. The fraction of sp³-hybridized carbons (Fsp3) is 0.385. The van der Waals surface area contributed by atoms with Crippen LogP contribution < -0.4 is 5.73 Å². The summed E-state index contributed by atoms with van der Waals surface area (Å²) >= 11 is 0. The molecule has 0 aliphatic rings. The Morgan fingerprint density at radius 1 is 1.05 bits per heavy atom. The minimum atomic E-state index is -2.27. The molecule has 0 aromatic heterocycles. The summed E-state index contributed by atoms with van der Waals surface area (Å²) in [7, 11) is 0. The Morgan fingerprint density at radius 2 is 1.50 bits per heavy atom. The van der Waals surface area contributed by atoms with Crippen molar-refractivity contribution >= 4 is 11.9 Å². The normalized spacial score (nSPS) is 15.7. The molecule has 0 amide bonds. The van der Waals surface area contributed by atoms with E-state index in [0.717, 1.165) is 0 Å². The maximum Gasteiger partial charge on any atom is 0.335 e. The molecule has 1 aromatic carbocycles. The quantitative estimate of drug-likeness (QED) is 0.345. The summed E-state index contributed by atoms with van der Waals surface area (Å²) in [4.78, 5) is 19.5. The zero-order valence-corrected chi connectivity index (χ0v) is 11.7. The first-order chi connectivity index (χ1) is 10.1. The maximum absolute atomic E-state index is 9.77. The Labute approximate surface area is 125 Å². The number of nitrogens with two attached hydrogens (primary N) is 1. The highest BCUT2D eigenvalue weighted by atomic mass is 16.4. The van der Waals surface area contributed by atoms with Gasteiger partial charge in [-0.05, 0) is 24.6 Å². The summed E-state index contributed by atoms with van der Waals surface area (Å²) in [6.07, 6.45) is -5.24. The Morgan fingerprint density at radius 3 is 1.82 bits per heavy atom. The third-order valence-electron chi connectivity index (χ3n) is 2.51. The van der Waals surface area contributed by atoms with E-state index < -0.39 is 30.3 Å². The molecule has 0 fully saturated rings. The molecule has 0 saturated heterocycles. The lowest BCUT2D eigenvalue weighted by Gasteiger charge is -2.14. The second-order valence-electron chi connectivity index (χ2n) is 4.47. The Bertz CT molecular complexity index is 487. The van der Waals surface area contributed by atoms with Gasteiger partial charge < -0.3 is 36.4 Å². The van der Waals surface area contributed by atoms with Crippen LogP contribution in [0.4, 0.5) is 0 Å². The number of aliphatic carboxylic acids is 2. The molecule has 0 unspecified atom stereocenters. The van der Waals surface area contributed by atoms with Crippen molar-refractivity contribution in [3.63, 3.8) is 0 Å². The number of rotatable bonds is 5. The lowest BCUT2D eigenvalue weighted by molar-refractivity contribution is -0.165. The smallest absolute Gasteiger partial charge is 0.335 e. The topological polar surface area (TPSA) is 182 Å². The highest BCUT2D eigenvalue weighted by Gasteiger charge is 2.29. The SMILES string of the molecule is C[C@@H](N)[C@H](O)c1cccc(O)c1.O=C(O)[C@H](O)[C@@H](O)C(=O)O. The lowest BCUT2D eigenvalue weighted by Crippen LogP contribution is -2.39. The number of phenolic OH excluding ortho intramolecular Hbond substituents is 1. The van der Waals surface area contributed by atoms with Crippen LogP contribution in [0.3, 0.4) is 0 Å². The van der Waals surface area contributed by atoms with E-state index >= 15 is 0 Å². The molecule has 0 spiro atoms. The maximum atomic E-state index is 9.77. The van der Waals surface area contributed by atoms with E-state index in [-0.39, 0.29) is 11.8 Å².